The van der Waals surface area contributed by atoms with Crippen LogP contribution in [0.2, 0.25) is 0 Å². The third-order valence-electron chi connectivity index (χ3n) is 2.75. The van der Waals surface area contributed by atoms with E-state index in [1.807, 2.05) is 24.4 Å². The van der Waals surface area contributed by atoms with Gasteiger partial charge >= 0.3 is 5.97 Å². The van der Waals surface area contributed by atoms with Crippen molar-refractivity contribution in [3.8, 4) is 5.75 Å². The molecule has 0 spiro atoms. The minimum atomic E-state index is -2.81. The maximum atomic E-state index is 12.2. The van der Waals surface area contributed by atoms with E-state index in [9.17, 15) is 18.4 Å². The van der Waals surface area contributed by atoms with Crippen molar-refractivity contribution in [2.75, 3.05) is 6.61 Å². The van der Waals surface area contributed by atoms with Crippen LogP contribution in [0.15, 0.2) is 18.2 Å². The van der Waals surface area contributed by atoms with E-state index in [1.165, 1.54) is 0 Å². The maximum absolute atomic E-state index is 12.2. The van der Waals surface area contributed by atoms with Gasteiger partial charge in [0.1, 0.15) is 11.8 Å². The molecule has 5 nitrogen and oxygen atoms in total. The number of alkyl halides is 2. The normalized spacial score (nSPS) is 12.0. The maximum Gasteiger partial charge on any atom is 0.326 e. The number of rotatable bonds is 7. The highest BCUT2D eigenvalue weighted by molar-refractivity contribution is 5.84. The van der Waals surface area contributed by atoms with Crippen LogP contribution in [0.3, 0.4) is 0 Å². The van der Waals surface area contributed by atoms with E-state index in [2.05, 4.69) is 0 Å². The molecule has 0 aliphatic carbocycles. The van der Waals surface area contributed by atoms with Gasteiger partial charge in [-0.15, -0.1) is 0 Å². The Morgan fingerprint density at radius 3 is 2.57 bits per heavy atom. The van der Waals surface area contributed by atoms with Gasteiger partial charge in [0.25, 0.3) is 5.91 Å². The first-order valence-electron chi connectivity index (χ1n) is 6.30. The Morgan fingerprint density at radius 1 is 1.33 bits per heavy atom. The van der Waals surface area contributed by atoms with Crippen LogP contribution < -0.4 is 10.1 Å². The molecule has 0 fully saturated rings. The Hall–Kier alpha value is -2.18. The fourth-order valence-electron chi connectivity index (χ4n) is 1.64. The summed E-state index contributed by atoms with van der Waals surface area (Å²) in [6, 6.07) is 3.81. The predicted molar refractivity (Wildman–Crippen MR) is 71.6 cm³/mol. The zero-order valence-electron chi connectivity index (χ0n) is 11.7. The van der Waals surface area contributed by atoms with Crippen molar-refractivity contribution in [1.29, 1.82) is 0 Å². The molecule has 7 heteroatoms. The molecule has 1 rings (SSSR count). The van der Waals surface area contributed by atoms with Gasteiger partial charge in [0.15, 0.2) is 6.61 Å². The van der Waals surface area contributed by atoms with Crippen molar-refractivity contribution in [2.45, 2.75) is 32.7 Å². The van der Waals surface area contributed by atoms with Crippen LogP contribution in [-0.2, 0) is 9.59 Å². The standard InChI is InChI=1S/C14H17F2NO4/c1-8-3-4-9(2)11(5-8)21-7-13(18)17-10(14(19)20)6-12(15)16/h3-5,10,12H,6-7H2,1-2H3,(H,17,18)(H,19,20). The summed E-state index contributed by atoms with van der Waals surface area (Å²) in [6.07, 6.45) is -3.75. The Bertz CT molecular complexity index is 520. The van der Waals surface area contributed by atoms with Crippen molar-refractivity contribution in [3.63, 3.8) is 0 Å². The molecular weight excluding hydrogens is 284 g/mol. The quantitative estimate of drug-likeness (QED) is 0.806. The third kappa shape index (κ3) is 5.76. The predicted octanol–water partition coefficient (Wildman–Crippen LogP) is 1.91. The molecule has 0 saturated carbocycles. The van der Waals surface area contributed by atoms with E-state index in [4.69, 9.17) is 9.84 Å². The number of carboxylic acid groups (broad SMARTS) is 1. The largest absolute Gasteiger partial charge is 0.483 e. The van der Waals surface area contributed by atoms with Crippen LogP contribution in [0.25, 0.3) is 0 Å². The molecule has 0 aliphatic heterocycles. The lowest BCUT2D eigenvalue weighted by Crippen LogP contribution is -2.44. The van der Waals surface area contributed by atoms with Crippen molar-refractivity contribution in [3.05, 3.63) is 29.3 Å². The summed E-state index contributed by atoms with van der Waals surface area (Å²) in [5, 5.41) is 10.8. The highest BCUT2D eigenvalue weighted by atomic mass is 19.3. The minimum Gasteiger partial charge on any atom is -0.483 e. The highest BCUT2D eigenvalue weighted by Gasteiger charge is 2.24. The van der Waals surface area contributed by atoms with Crippen molar-refractivity contribution >= 4 is 11.9 Å². The number of aliphatic carboxylic acids is 1. The average Bonchev–Trinajstić information content (AvgIpc) is 2.38. The van der Waals surface area contributed by atoms with Gasteiger partial charge in [-0.25, -0.2) is 13.6 Å². The molecule has 1 amide bonds. The van der Waals surface area contributed by atoms with Gasteiger partial charge in [0.2, 0.25) is 6.43 Å². The Balaban J connectivity index is 2.56. The monoisotopic (exact) mass is 301 g/mol. The molecule has 1 atom stereocenters. The summed E-state index contributed by atoms with van der Waals surface area (Å²) in [7, 11) is 0. The number of carbonyl (C=O) groups excluding carboxylic acids is 1. The number of nitrogens with one attached hydrogen (secondary N) is 1. The second-order valence-corrected chi connectivity index (χ2v) is 4.64. The summed E-state index contributed by atoms with van der Waals surface area (Å²) in [4.78, 5) is 22.3. The summed E-state index contributed by atoms with van der Waals surface area (Å²) in [5.41, 5.74) is 1.76. The van der Waals surface area contributed by atoms with Crippen molar-refractivity contribution in [1.82, 2.24) is 5.32 Å². The second kappa shape index (κ2) is 7.56. The Labute approximate surface area is 120 Å². The number of amides is 1. The smallest absolute Gasteiger partial charge is 0.326 e. The van der Waals surface area contributed by atoms with Crippen LogP contribution in [0.4, 0.5) is 8.78 Å². The van der Waals surface area contributed by atoms with Crippen molar-refractivity contribution in [2.24, 2.45) is 0 Å². The molecule has 1 aromatic carbocycles. The SMILES string of the molecule is Cc1ccc(C)c(OCC(=O)NC(CC(F)F)C(=O)O)c1. The average molecular weight is 301 g/mol. The topological polar surface area (TPSA) is 75.6 Å². The van der Waals surface area contributed by atoms with E-state index in [-0.39, 0.29) is 0 Å². The van der Waals surface area contributed by atoms with Crippen molar-refractivity contribution < 1.29 is 28.2 Å². The first kappa shape index (κ1) is 16.9. The minimum absolute atomic E-state index is 0.433. The molecule has 21 heavy (non-hydrogen) atoms. The Morgan fingerprint density at radius 2 is 2.00 bits per heavy atom. The summed E-state index contributed by atoms with van der Waals surface area (Å²) in [6.45, 7) is 3.22. The number of hydrogen-bond donors (Lipinski definition) is 2. The molecule has 1 aromatic rings. The molecule has 0 radical (unpaired) electrons. The van der Waals surface area contributed by atoms with Gasteiger partial charge in [-0.05, 0) is 31.0 Å². The number of halogens is 2. The van der Waals surface area contributed by atoms with Gasteiger partial charge in [-0.1, -0.05) is 12.1 Å². The van der Waals surface area contributed by atoms with Crippen LogP contribution >= 0.6 is 0 Å². The van der Waals surface area contributed by atoms with Gasteiger partial charge in [-0.2, -0.15) is 0 Å². The fraction of sp³-hybridized carbons (Fsp3) is 0.429. The number of benzene rings is 1. The molecule has 0 saturated heterocycles. The van der Waals surface area contributed by atoms with Crippen LogP contribution in [-0.4, -0.2) is 36.1 Å². The molecule has 116 valence electrons. The van der Waals surface area contributed by atoms with Crippen LogP contribution in [0.5, 0.6) is 5.75 Å². The number of hydrogen-bond acceptors (Lipinski definition) is 3. The molecule has 0 aromatic heterocycles. The van der Waals surface area contributed by atoms with Gasteiger partial charge in [-0.3, -0.25) is 4.79 Å². The Kier molecular flexibility index (Phi) is 6.08. The summed E-state index contributed by atoms with van der Waals surface area (Å²) >= 11 is 0. The molecule has 2 N–H and O–H groups in total. The lowest BCUT2D eigenvalue weighted by molar-refractivity contribution is -0.143. The molecule has 0 aliphatic rings. The zero-order chi connectivity index (χ0) is 16.0. The van der Waals surface area contributed by atoms with Gasteiger partial charge in [0.05, 0.1) is 0 Å². The van der Waals surface area contributed by atoms with E-state index < -0.39 is 37.4 Å². The molecule has 1 unspecified atom stereocenters. The zero-order valence-corrected chi connectivity index (χ0v) is 11.7. The third-order valence-corrected chi connectivity index (χ3v) is 2.75. The number of aryl methyl sites for hydroxylation is 2. The molecule has 0 bridgehead atoms. The highest BCUT2D eigenvalue weighted by Crippen LogP contribution is 2.18. The lowest BCUT2D eigenvalue weighted by Gasteiger charge is -2.15. The number of carbonyl (C=O) groups is 2. The van der Waals surface area contributed by atoms with E-state index in [0.29, 0.717) is 5.75 Å². The van der Waals surface area contributed by atoms with Crippen LogP contribution in [0.1, 0.15) is 17.5 Å². The fourth-order valence-corrected chi connectivity index (χ4v) is 1.64. The van der Waals surface area contributed by atoms with E-state index in [1.54, 1.807) is 13.0 Å². The van der Waals surface area contributed by atoms with E-state index >= 15 is 0 Å². The number of carboxylic acids is 1. The first-order valence-corrected chi connectivity index (χ1v) is 6.30. The van der Waals surface area contributed by atoms with E-state index in [0.717, 1.165) is 11.1 Å². The summed E-state index contributed by atoms with van der Waals surface area (Å²) in [5.74, 6) is -1.77. The first-order chi connectivity index (χ1) is 9.79. The lowest BCUT2D eigenvalue weighted by atomic mass is 10.1. The second-order valence-electron chi connectivity index (χ2n) is 4.64. The number of ether oxygens (including phenoxy) is 1. The summed E-state index contributed by atoms with van der Waals surface area (Å²) < 4.78 is 29.7. The molecule has 0 heterocycles. The van der Waals surface area contributed by atoms with Gasteiger partial charge in [0, 0.05) is 6.42 Å². The van der Waals surface area contributed by atoms with Gasteiger partial charge < -0.3 is 15.2 Å². The molecular formula is C14H17F2NO4. The van der Waals surface area contributed by atoms with Crippen LogP contribution in [0, 0.1) is 13.8 Å².